The van der Waals surface area contributed by atoms with Gasteiger partial charge in [-0.1, -0.05) is 6.92 Å². The molecule has 82 valence electrons. The van der Waals surface area contributed by atoms with E-state index in [-0.39, 0.29) is 11.8 Å². The first-order chi connectivity index (χ1) is 7.13. The smallest absolute Gasteiger partial charge is 0.224 e. The third-order valence-electron chi connectivity index (χ3n) is 1.96. The first-order valence-corrected chi connectivity index (χ1v) is 5.29. The number of carbonyl (C=O) groups excluding carboxylic acids is 1. The second-order valence-electron chi connectivity index (χ2n) is 3.37. The van der Waals surface area contributed by atoms with Crippen LogP contribution in [-0.4, -0.2) is 21.8 Å². The zero-order valence-electron chi connectivity index (χ0n) is 8.83. The first-order valence-electron chi connectivity index (χ1n) is 4.75. The maximum Gasteiger partial charge on any atom is 0.224 e. The normalized spacial score (nSPS) is 12.2. The van der Waals surface area contributed by atoms with Crippen LogP contribution in [0.1, 0.15) is 18.4 Å². The molecule has 0 radical (unpaired) electrons. The molecular formula is C10H14ClN3O. The van der Waals surface area contributed by atoms with Gasteiger partial charge in [0.25, 0.3) is 0 Å². The molecular weight excluding hydrogens is 214 g/mol. The molecule has 1 N–H and O–H groups in total. The molecule has 0 aliphatic rings. The fourth-order valence-electron chi connectivity index (χ4n) is 1.03. The lowest BCUT2D eigenvalue weighted by Gasteiger charge is -2.08. The number of nitrogens with one attached hydrogen (secondary N) is 1. The van der Waals surface area contributed by atoms with Crippen LogP contribution in [0, 0.1) is 12.8 Å². The third kappa shape index (κ3) is 3.83. The summed E-state index contributed by atoms with van der Waals surface area (Å²) < 4.78 is 0. The number of carbonyl (C=O) groups is 1. The summed E-state index contributed by atoms with van der Waals surface area (Å²) in [5.74, 6) is 0.803. The minimum Gasteiger partial charge on any atom is -0.350 e. The number of alkyl halides is 1. The number of nitrogens with zero attached hydrogens (tertiary/aromatic N) is 2. The van der Waals surface area contributed by atoms with Crippen molar-refractivity contribution in [3.8, 4) is 0 Å². The standard InChI is InChI=1S/C10H14ClN3O/c1-7(5-11)10(15)13-6-9-3-4-12-8(2)14-9/h3-4,7H,5-6H2,1-2H3,(H,13,15). The van der Waals surface area contributed by atoms with Gasteiger partial charge in [0.15, 0.2) is 0 Å². The van der Waals surface area contributed by atoms with E-state index in [4.69, 9.17) is 11.6 Å². The Bertz CT molecular complexity index is 343. The SMILES string of the molecule is Cc1nccc(CNC(=O)C(C)CCl)n1. The number of halogens is 1. The van der Waals surface area contributed by atoms with Crippen molar-refractivity contribution < 1.29 is 4.79 Å². The minimum atomic E-state index is -0.172. The van der Waals surface area contributed by atoms with Crippen LogP contribution >= 0.6 is 11.6 Å². The number of aryl methyl sites for hydroxylation is 1. The van der Waals surface area contributed by atoms with Gasteiger partial charge < -0.3 is 5.32 Å². The molecule has 5 heteroatoms. The van der Waals surface area contributed by atoms with E-state index in [1.807, 2.05) is 6.92 Å². The number of hydrogen-bond acceptors (Lipinski definition) is 3. The van der Waals surface area contributed by atoms with Gasteiger partial charge in [0.2, 0.25) is 5.91 Å². The van der Waals surface area contributed by atoms with E-state index in [9.17, 15) is 4.79 Å². The molecule has 4 nitrogen and oxygen atoms in total. The van der Waals surface area contributed by atoms with E-state index in [0.29, 0.717) is 18.2 Å². The fraction of sp³-hybridized carbons (Fsp3) is 0.500. The van der Waals surface area contributed by atoms with Crippen LogP contribution in [0.3, 0.4) is 0 Å². The average Bonchev–Trinajstić information content (AvgIpc) is 2.25. The van der Waals surface area contributed by atoms with Gasteiger partial charge in [-0.05, 0) is 13.0 Å². The molecule has 0 saturated carbocycles. The Hall–Kier alpha value is -1.16. The van der Waals surface area contributed by atoms with Gasteiger partial charge in [-0.15, -0.1) is 11.6 Å². The van der Waals surface area contributed by atoms with Gasteiger partial charge in [0, 0.05) is 18.0 Å². The molecule has 1 rings (SSSR count). The number of amides is 1. The Morgan fingerprint density at radius 1 is 1.67 bits per heavy atom. The van der Waals surface area contributed by atoms with E-state index < -0.39 is 0 Å². The summed E-state index contributed by atoms with van der Waals surface area (Å²) >= 11 is 5.57. The second kappa shape index (κ2) is 5.66. The molecule has 0 aromatic carbocycles. The van der Waals surface area contributed by atoms with Crippen molar-refractivity contribution in [2.24, 2.45) is 5.92 Å². The molecule has 1 atom stereocenters. The van der Waals surface area contributed by atoms with Gasteiger partial charge in [0.05, 0.1) is 12.2 Å². The highest BCUT2D eigenvalue weighted by atomic mass is 35.5. The molecule has 0 aliphatic heterocycles. The van der Waals surface area contributed by atoms with Gasteiger partial charge in [-0.25, -0.2) is 9.97 Å². The van der Waals surface area contributed by atoms with Crippen LogP contribution in [0.15, 0.2) is 12.3 Å². The van der Waals surface area contributed by atoms with Gasteiger partial charge in [0.1, 0.15) is 5.82 Å². The molecule has 1 unspecified atom stereocenters. The van der Waals surface area contributed by atoms with E-state index in [2.05, 4.69) is 15.3 Å². The highest BCUT2D eigenvalue weighted by molar-refractivity contribution is 6.19. The molecule has 15 heavy (non-hydrogen) atoms. The van der Waals surface area contributed by atoms with Crippen molar-refractivity contribution in [3.05, 3.63) is 23.8 Å². The molecule has 1 heterocycles. The van der Waals surface area contributed by atoms with E-state index in [0.717, 1.165) is 5.69 Å². The molecule has 0 bridgehead atoms. The van der Waals surface area contributed by atoms with Crippen molar-refractivity contribution in [1.29, 1.82) is 0 Å². The predicted octanol–water partition coefficient (Wildman–Crippen LogP) is 1.28. The van der Waals surface area contributed by atoms with Crippen molar-refractivity contribution in [2.75, 3.05) is 5.88 Å². The van der Waals surface area contributed by atoms with Gasteiger partial charge in [-0.2, -0.15) is 0 Å². The van der Waals surface area contributed by atoms with Crippen LogP contribution in [0.25, 0.3) is 0 Å². The maximum absolute atomic E-state index is 11.4. The summed E-state index contributed by atoms with van der Waals surface area (Å²) in [6.45, 7) is 4.02. The van der Waals surface area contributed by atoms with Crippen LogP contribution in [0.5, 0.6) is 0 Å². The Labute approximate surface area is 94.1 Å². The van der Waals surface area contributed by atoms with Crippen LogP contribution in [0.4, 0.5) is 0 Å². The third-order valence-corrected chi connectivity index (χ3v) is 2.42. The summed E-state index contributed by atoms with van der Waals surface area (Å²) in [6, 6.07) is 1.78. The van der Waals surface area contributed by atoms with Gasteiger partial charge in [-0.3, -0.25) is 4.79 Å². The lowest BCUT2D eigenvalue weighted by molar-refractivity contribution is -0.124. The van der Waals surface area contributed by atoms with E-state index in [1.54, 1.807) is 19.2 Å². The number of aromatic nitrogens is 2. The number of hydrogen-bond donors (Lipinski definition) is 1. The van der Waals surface area contributed by atoms with Gasteiger partial charge >= 0.3 is 0 Å². The Balaban J connectivity index is 2.47. The molecule has 0 saturated heterocycles. The minimum absolute atomic E-state index is 0.0544. The van der Waals surface area contributed by atoms with E-state index in [1.165, 1.54) is 0 Å². The number of rotatable bonds is 4. The highest BCUT2D eigenvalue weighted by Crippen LogP contribution is 1.99. The second-order valence-corrected chi connectivity index (χ2v) is 3.68. The monoisotopic (exact) mass is 227 g/mol. The quantitative estimate of drug-likeness (QED) is 0.789. The Kier molecular flexibility index (Phi) is 4.49. The zero-order valence-corrected chi connectivity index (χ0v) is 9.58. The molecule has 0 aliphatic carbocycles. The van der Waals surface area contributed by atoms with Crippen molar-refractivity contribution in [2.45, 2.75) is 20.4 Å². The highest BCUT2D eigenvalue weighted by Gasteiger charge is 2.10. The summed E-state index contributed by atoms with van der Waals surface area (Å²) in [5, 5.41) is 2.76. The van der Waals surface area contributed by atoms with E-state index >= 15 is 0 Å². The van der Waals surface area contributed by atoms with Crippen molar-refractivity contribution >= 4 is 17.5 Å². The zero-order chi connectivity index (χ0) is 11.3. The molecule has 0 fully saturated rings. The summed E-state index contributed by atoms with van der Waals surface area (Å²) in [6.07, 6.45) is 1.68. The lowest BCUT2D eigenvalue weighted by atomic mass is 10.2. The summed E-state index contributed by atoms with van der Waals surface area (Å²) in [4.78, 5) is 19.5. The average molecular weight is 228 g/mol. The molecule has 1 amide bonds. The molecule has 1 aromatic heterocycles. The van der Waals surface area contributed by atoms with Crippen LogP contribution in [-0.2, 0) is 11.3 Å². The molecule has 0 spiro atoms. The predicted molar refractivity (Wildman–Crippen MR) is 58.5 cm³/mol. The summed E-state index contributed by atoms with van der Waals surface area (Å²) in [7, 11) is 0. The maximum atomic E-state index is 11.4. The Morgan fingerprint density at radius 2 is 2.40 bits per heavy atom. The van der Waals surface area contributed by atoms with Crippen LogP contribution < -0.4 is 5.32 Å². The lowest BCUT2D eigenvalue weighted by Crippen LogP contribution is -2.29. The van der Waals surface area contributed by atoms with Crippen molar-refractivity contribution in [1.82, 2.24) is 15.3 Å². The first kappa shape index (κ1) is 11.9. The Morgan fingerprint density at radius 3 is 3.00 bits per heavy atom. The summed E-state index contributed by atoms with van der Waals surface area (Å²) in [5.41, 5.74) is 0.803. The van der Waals surface area contributed by atoms with Crippen molar-refractivity contribution in [3.63, 3.8) is 0 Å². The topological polar surface area (TPSA) is 54.9 Å². The fourth-order valence-corrected chi connectivity index (χ4v) is 1.17. The largest absolute Gasteiger partial charge is 0.350 e. The van der Waals surface area contributed by atoms with Crippen LogP contribution in [0.2, 0.25) is 0 Å². The molecule has 1 aromatic rings.